The maximum absolute atomic E-state index is 13.2. The normalized spacial score (nSPS) is 15.6. The van der Waals surface area contributed by atoms with Crippen molar-refractivity contribution in [1.82, 2.24) is 14.9 Å². The molecule has 152 valence electrons. The van der Waals surface area contributed by atoms with Gasteiger partial charge in [-0.25, -0.2) is 9.97 Å². The second-order valence-electron chi connectivity index (χ2n) is 6.88. The third-order valence-corrected chi connectivity index (χ3v) is 4.93. The molecule has 1 aromatic heterocycles. The van der Waals surface area contributed by atoms with Gasteiger partial charge in [0.2, 0.25) is 5.82 Å². The zero-order valence-electron chi connectivity index (χ0n) is 15.8. The van der Waals surface area contributed by atoms with E-state index in [-0.39, 0.29) is 0 Å². The maximum atomic E-state index is 13.2. The average Bonchev–Trinajstić information content (AvgIpc) is 2.74. The first-order valence-electron chi connectivity index (χ1n) is 9.50. The van der Waals surface area contributed by atoms with Gasteiger partial charge in [0.25, 0.3) is 0 Å². The van der Waals surface area contributed by atoms with Crippen LogP contribution in [0.4, 0.5) is 19.0 Å². The van der Waals surface area contributed by atoms with Gasteiger partial charge >= 0.3 is 6.18 Å². The first-order valence-corrected chi connectivity index (χ1v) is 9.50. The molecule has 2 heterocycles. The summed E-state index contributed by atoms with van der Waals surface area (Å²) in [6.07, 6.45) is -4.57. The molecule has 3 aromatic rings. The van der Waals surface area contributed by atoms with Crippen LogP contribution in [0.5, 0.6) is 5.75 Å². The minimum atomic E-state index is -4.57. The number of rotatable bonds is 5. The van der Waals surface area contributed by atoms with Crippen molar-refractivity contribution >= 4 is 16.7 Å². The molecule has 0 N–H and O–H groups in total. The van der Waals surface area contributed by atoms with E-state index in [0.717, 1.165) is 25.4 Å². The van der Waals surface area contributed by atoms with Gasteiger partial charge in [0, 0.05) is 38.1 Å². The molecule has 0 amide bonds. The molecule has 1 aliphatic rings. The van der Waals surface area contributed by atoms with Crippen LogP contribution < -0.4 is 9.64 Å². The van der Waals surface area contributed by atoms with Crippen molar-refractivity contribution < 1.29 is 17.9 Å². The number of nitrogens with zero attached hydrogens (tertiary/aromatic N) is 4. The second-order valence-corrected chi connectivity index (χ2v) is 6.88. The molecule has 1 saturated heterocycles. The van der Waals surface area contributed by atoms with E-state index in [9.17, 15) is 13.2 Å². The van der Waals surface area contributed by atoms with Crippen LogP contribution in [-0.4, -0.2) is 54.2 Å². The third kappa shape index (κ3) is 4.59. The highest BCUT2D eigenvalue weighted by Crippen LogP contribution is 2.32. The van der Waals surface area contributed by atoms with Crippen LogP contribution in [0.15, 0.2) is 54.6 Å². The van der Waals surface area contributed by atoms with Gasteiger partial charge < -0.3 is 9.64 Å². The Hall–Kier alpha value is -2.87. The summed E-state index contributed by atoms with van der Waals surface area (Å²) in [6.45, 7) is 4.00. The summed E-state index contributed by atoms with van der Waals surface area (Å²) in [5.74, 6) is 0.0891. The lowest BCUT2D eigenvalue weighted by Gasteiger charge is -2.35. The van der Waals surface area contributed by atoms with Crippen molar-refractivity contribution in [1.29, 1.82) is 0 Å². The van der Waals surface area contributed by atoms with E-state index in [1.807, 2.05) is 35.2 Å². The Morgan fingerprint density at radius 3 is 2.28 bits per heavy atom. The number of benzene rings is 2. The predicted octanol–water partition coefficient (Wildman–Crippen LogP) is 3.85. The number of aromatic nitrogens is 2. The Balaban J connectivity index is 1.42. The van der Waals surface area contributed by atoms with Crippen molar-refractivity contribution in [3.05, 3.63) is 60.4 Å². The quantitative estimate of drug-likeness (QED) is 0.649. The van der Waals surface area contributed by atoms with Gasteiger partial charge in [-0.3, -0.25) is 4.90 Å². The molecule has 2 aromatic carbocycles. The standard InChI is InChI=1S/C21H21F3N4O/c22-21(23,24)20-25-18-9-5-4-8-17(18)19(26-20)28-12-10-27(11-13-28)14-15-29-16-6-2-1-3-7-16/h1-9H,10-15H2. The lowest BCUT2D eigenvalue weighted by atomic mass is 10.2. The summed E-state index contributed by atoms with van der Waals surface area (Å²) in [6, 6.07) is 16.5. The Bertz CT molecular complexity index is 957. The summed E-state index contributed by atoms with van der Waals surface area (Å²) in [5, 5.41) is 0.640. The fourth-order valence-electron chi connectivity index (χ4n) is 3.42. The van der Waals surface area contributed by atoms with Gasteiger partial charge in [-0.15, -0.1) is 0 Å². The molecular formula is C21H21F3N4O. The zero-order chi connectivity index (χ0) is 20.3. The van der Waals surface area contributed by atoms with Crippen molar-refractivity contribution in [2.24, 2.45) is 0 Å². The summed E-state index contributed by atoms with van der Waals surface area (Å²) >= 11 is 0. The molecule has 1 aliphatic heterocycles. The summed E-state index contributed by atoms with van der Waals surface area (Å²) in [4.78, 5) is 11.7. The molecule has 0 spiro atoms. The highest BCUT2D eigenvalue weighted by Gasteiger charge is 2.36. The number of fused-ring (bicyclic) bond motifs is 1. The van der Waals surface area contributed by atoms with Gasteiger partial charge in [-0.05, 0) is 24.3 Å². The highest BCUT2D eigenvalue weighted by atomic mass is 19.4. The van der Waals surface area contributed by atoms with Gasteiger partial charge in [0.05, 0.1) is 5.52 Å². The number of piperazine rings is 1. The number of ether oxygens (including phenoxy) is 1. The maximum Gasteiger partial charge on any atom is 0.451 e. The number of hydrogen-bond donors (Lipinski definition) is 0. The molecule has 1 fully saturated rings. The first kappa shape index (κ1) is 19.4. The first-order chi connectivity index (χ1) is 14.0. The molecule has 0 aliphatic carbocycles. The van der Waals surface area contributed by atoms with E-state index in [1.54, 1.807) is 24.3 Å². The molecule has 0 atom stereocenters. The fraction of sp³-hybridized carbons (Fsp3) is 0.333. The molecule has 5 nitrogen and oxygen atoms in total. The van der Waals surface area contributed by atoms with Gasteiger partial charge in [0.15, 0.2) is 0 Å². The Morgan fingerprint density at radius 1 is 0.862 bits per heavy atom. The van der Waals surface area contributed by atoms with Crippen molar-refractivity contribution in [3.8, 4) is 5.75 Å². The average molecular weight is 402 g/mol. The van der Waals surface area contributed by atoms with Crippen LogP contribution in [0.1, 0.15) is 5.82 Å². The van der Waals surface area contributed by atoms with E-state index in [4.69, 9.17) is 4.74 Å². The fourth-order valence-corrected chi connectivity index (χ4v) is 3.42. The number of halogens is 3. The summed E-state index contributed by atoms with van der Waals surface area (Å²) < 4.78 is 45.4. The van der Waals surface area contributed by atoms with Crippen LogP contribution >= 0.6 is 0 Å². The van der Waals surface area contributed by atoms with E-state index in [1.165, 1.54) is 0 Å². The van der Waals surface area contributed by atoms with E-state index in [0.29, 0.717) is 36.4 Å². The monoisotopic (exact) mass is 402 g/mol. The predicted molar refractivity (Wildman–Crippen MR) is 105 cm³/mol. The lowest BCUT2D eigenvalue weighted by molar-refractivity contribution is -0.144. The smallest absolute Gasteiger partial charge is 0.451 e. The Kier molecular flexibility index (Phi) is 5.53. The van der Waals surface area contributed by atoms with Crippen LogP contribution in [0.25, 0.3) is 10.9 Å². The summed E-state index contributed by atoms with van der Waals surface area (Å²) in [7, 11) is 0. The number of hydrogen-bond acceptors (Lipinski definition) is 5. The molecule has 0 unspecified atom stereocenters. The molecule has 0 saturated carbocycles. The minimum absolute atomic E-state index is 0.309. The van der Waals surface area contributed by atoms with Crippen molar-refractivity contribution in [2.75, 3.05) is 44.2 Å². The summed E-state index contributed by atoms with van der Waals surface area (Å²) in [5.41, 5.74) is 0.309. The molecule has 8 heteroatoms. The van der Waals surface area contributed by atoms with E-state index in [2.05, 4.69) is 14.9 Å². The molecule has 0 radical (unpaired) electrons. The van der Waals surface area contributed by atoms with Gasteiger partial charge in [-0.2, -0.15) is 13.2 Å². The van der Waals surface area contributed by atoms with Gasteiger partial charge in [-0.1, -0.05) is 30.3 Å². The Labute approximate surface area is 166 Å². The molecular weight excluding hydrogens is 381 g/mol. The Morgan fingerprint density at radius 2 is 1.55 bits per heavy atom. The topological polar surface area (TPSA) is 41.5 Å². The molecule has 29 heavy (non-hydrogen) atoms. The number of alkyl halides is 3. The third-order valence-electron chi connectivity index (χ3n) is 4.93. The van der Waals surface area contributed by atoms with E-state index < -0.39 is 12.0 Å². The largest absolute Gasteiger partial charge is 0.492 e. The minimum Gasteiger partial charge on any atom is -0.492 e. The molecule has 4 rings (SSSR count). The highest BCUT2D eigenvalue weighted by molar-refractivity contribution is 5.89. The zero-order valence-corrected chi connectivity index (χ0v) is 15.8. The van der Waals surface area contributed by atoms with Crippen molar-refractivity contribution in [2.45, 2.75) is 6.18 Å². The molecule has 0 bridgehead atoms. The number of anilines is 1. The SMILES string of the molecule is FC(F)(F)c1nc(N2CCN(CCOc3ccccc3)CC2)c2ccccc2n1. The van der Waals surface area contributed by atoms with Crippen molar-refractivity contribution in [3.63, 3.8) is 0 Å². The van der Waals surface area contributed by atoms with E-state index >= 15 is 0 Å². The lowest BCUT2D eigenvalue weighted by Crippen LogP contribution is -2.48. The van der Waals surface area contributed by atoms with Crippen LogP contribution in [-0.2, 0) is 6.18 Å². The van der Waals surface area contributed by atoms with Crippen LogP contribution in [0.2, 0.25) is 0 Å². The number of para-hydroxylation sites is 2. The second kappa shape index (κ2) is 8.24. The van der Waals surface area contributed by atoms with Gasteiger partial charge in [0.1, 0.15) is 18.2 Å². The van der Waals surface area contributed by atoms with Crippen LogP contribution in [0.3, 0.4) is 0 Å². The van der Waals surface area contributed by atoms with Crippen LogP contribution in [0, 0.1) is 0 Å².